The molecule has 0 bridgehead atoms. The number of carbonyl (C=O) groups is 1. The lowest BCUT2D eigenvalue weighted by Crippen LogP contribution is -2.14. The maximum atomic E-state index is 12.3. The van der Waals surface area contributed by atoms with Gasteiger partial charge in [-0.05, 0) is 57.5 Å². The summed E-state index contributed by atoms with van der Waals surface area (Å²) in [5, 5.41) is 11.9. The Labute approximate surface area is 202 Å². The Balaban J connectivity index is 1.73. The highest BCUT2D eigenvalue weighted by atomic mass is 35.5. The third-order valence-corrected chi connectivity index (χ3v) is 5.66. The maximum absolute atomic E-state index is 12.3. The first-order valence-electron chi connectivity index (χ1n) is 10.5. The molecular formula is C23H26ClN3O5S. The first-order valence-corrected chi connectivity index (χ1v) is 11.9. The molecule has 33 heavy (non-hydrogen) atoms. The monoisotopic (exact) mass is 491 g/mol. The standard InChI is InChI=1S/C23H26ClN3O5S/c1-5-29-18-11-15(12-19(30-6-2)21(18)31-7-3)22-26-27-23(32-22)33-13-20(28)25-17-10-8-9-16(24)14(17)4/h8-12H,5-7,13H2,1-4H3,(H,25,28). The lowest BCUT2D eigenvalue weighted by Gasteiger charge is -2.16. The van der Waals surface area contributed by atoms with Crippen LogP contribution in [-0.2, 0) is 4.79 Å². The minimum atomic E-state index is -0.205. The highest BCUT2D eigenvalue weighted by molar-refractivity contribution is 7.99. The van der Waals surface area contributed by atoms with Gasteiger partial charge < -0.3 is 23.9 Å². The van der Waals surface area contributed by atoms with Crippen molar-refractivity contribution in [2.24, 2.45) is 0 Å². The molecule has 0 radical (unpaired) electrons. The molecule has 0 atom stereocenters. The molecule has 0 fully saturated rings. The summed E-state index contributed by atoms with van der Waals surface area (Å²) < 4.78 is 23.0. The van der Waals surface area contributed by atoms with Crippen molar-refractivity contribution in [3.63, 3.8) is 0 Å². The average molecular weight is 492 g/mol. The summed E-state index contributed by atoms with van der Waals surface area (Å²) in [4.78, 5) is 12.3. The molecule has 1 heterocycles. The summed E-state index contributed by atoms with van der Waals surface area (Å²) in [6.45, 7) is 8.91. The van der Waals surface area contributed by atoms with Crippen molar-refractivity contribution in [2.45, 2.75) is 32.9 Å². The second-order valence-electron chi connectivity index (χ2n) is 6.72. The molecule has 0 spiro atoms. The van der Waals surface area contributed by atoms with Crippen molar-refractivity contribution in [1.29, 1.82) is 0 Å². The van der Waals surface area contributed by atoms with Crippen LogP contribution in [0, 0.1) is 6.92 Å². The summed E-state index contributed by atoms with van der Waals surface area (Å²) in [7, 11) is 0. The predicted molar refractivity (Wildman–Crippen MR) is 129 cm³/mol. The van der Waals surface area contributed by atoms with Crippen molar-refractivity contribution in [3.05, 3.63) is 40.9 Å². The number of amides is 1. The summed E-state index contributed by atoms with van der Waals surface area (Å²) >= 11 is 7.25. The van der Waals surface area contributed by atoms with E-state index in [1.165, 1.54) is 0 Å². The van der Waals surface area contributed by atoms with Crippen LogP contribution in [0.25, 0.3) is 11.5 Å². The van der Waals surface area contributed by atoms with E-state index in [1.807, 2.05) is 27.7 Å². The Morgan fingerprint density at radius 3 is 2.36 bits per heavy atom. The first-order chi connectivity index (χ1) is 16.0. The molecular weight excluding hydrogens is 466 g/mol. The second kappa shape index (κ2) is 11.8. The molecule has 0 aliphatic carbocycles. The van der Waals surface area contributed by atoms with E-state index >= 15 is 0 Å². The second-order valence-corrected chi connectivity index (χ2v) is 8.06. The summed E-state index contributed by atoms with van der Waals surface area (Å²) in [6, 6.07) is 8.90. The fourth-order valence-corrected chi connectivity index (χ4v) is 3.69. The fourth-order valence-electron chi connectivity index (χ4n) is 2.95. The fraction of sp³-hybridized carbons (Fsp3) is 0.348. The zero-order valence-electron chi connectivity index (χ0n) is 18.9. The quantitative estimate of drug-likeness (QED) is 0.345. The highest BCUT2D eigenvalue weighted by Gasteiger charge is 2.19. The van der Waals surface area contributed by atoms with Gasteiger partial charge in [-0.2, -0.15) is 0 Å². The van der Waals surface area contributed by atoms with Crippen LogP contribution in [0.5, 0.6) is 17.2 Å². The zero-order valence-corrected chi connectivity index (χ0v) is 20.5. The number of nitrogens with zero attached hydrogens (tertiary/aromatic N) is 2. The smallest absolute Gasteiger partial charge is 0.277 e. The van der Waals surface area contributed by atoms with E-state index in [2.05, 4.69) is 15.5 Å². The minimum Gasteiger partial charge on any atom is -0.490 e. The third kappa shape index (κ3) is 6.33. The Kier molecular flexibility index (Phi) is 8.85. The van der Waals surface area contributed by atoms with Gasteiger partial charge in [0.15, 0.2) is 11.5 Å². The van der Waals surface area contributed by atoms with Gasteiger partial charge in [0.05, 0.1) is 25.6 Å². The molecule has 3 aromatic rings. The van der Waals surface area contributed by atoms with Crippen molar-refractivity contribution in [3.8, 4) is 28.7 Å². The minimum absolute atomic E-state index is 0.102. The van der Waals surface area contributed by atoms with Gasteiger partial charge in [0.2, 0.25) is 17.5 Å². The molecule has 3 rings (SSSR count). The van der Waals surface area contributed by atoms with Gasteiger partial charge in [-0.15, -0.1) is 10.2 Å². The number of aromatic nitrogens is 2. The molecule has 1 amide bonds. The van der Waals surface area contributed by atoms with Crippen molar-refractivity contribution < 1.29 is 23.4 Å². The van der Waals surface area contributed by atoms with Crippen molar-refractivity contribution >= 4 is 35.0 Å². The molecule has 176 valence electrons. The number of nitrogens with one attached hydrogen (secondary N) is 1. The van der Waals surface area contributed by atoms with Crippen LogP contribution in [0.4, 0.5) is 5.69 Å². The Hall–Kier alpha value is -2.91. The van der Waals surface area contributed by atoms with Gasteiger partial charge >= 0.3 is 0 Å². The van der Waals surface area contributed by atoms with Gasteiger partial charge in [-0.1, -0.05) is 29.4 Å². The Morgan fingerprint density at radius 1 is 1.06 bits per heavy atom. The SMILES string of the molecule is CCOc1cc(-c2nnc(SCC(=O)Nc3cccc(Cl)c3C)o2)cc(OCC)c1OCC. The van der Waals surface area contributed by atoms with Crippen LogP contribution in [0.1, 0.15) is 26.3 Å². The molecule has 0 saturated carbocycles. The van der Waals surface area contributed by atoms with E-state index in [0.717, 1.165) is 17.3 Å². The number of benzene rings is 2. The zero-order chi connectivity index (χ0) is 23.8. The van der Waals surface area contributed by atoms with Crippen molar-refractivity contribution in [2.75, 3.05) is 30.9 Å². The van der Waals surface area contributed by atoms with Gasteiger partial charge in [-0.25, -0.2) is 0 Å². The number of carbonyl (C=O) groups excluding carboxylic acids is 1. The number of hydrogen-bond donors (Lipinski definition) is 1. The summed E-state index contributed by atoms with van der Waals surface area (Å²) in [5.41, 5.74) is 2.10. The maximum Gasteiger partial charge on any atom is 0.277 e. The molecule has 2 aromatic carbocycles. The molecule has 0 aliphatic rings. The van der Waals surface area contributed by atoms with Crippen LogP contribution in [-0.4, -0.2) is 41.7 Å². The largest absolute Gasteiger partial charge is 0.490 e. The normalized spacial score (nSPS) is 10.7. The Bertz CT molecular complexity index is 1080. The number of hydrogen-bond acceptors (Lipinski definition) is 8. The first kappa shape index (κ1) is 24.7. The number of rotatable bonds is 11. The van der Waals surface area contributed by atoms with Crippen LogP contribution in [0.3, 0.4) is 0 Å². The van der Waals surface area contributed by atoms with Crippen LogP contribution >= 0.6 is 23.4 Å². The van der Waals surface area contributed by atoms with E-state index in [0.29, 0.717) is 53.3 Å². The molecule has 0 unspecified atom stereocenters. The van der Waals surface area contributed by atoms with Crippen molar-refractivity contribution in [1.82, 2.24) is 10.2 Å². The summed E-state index contributed by atoms with van der Waals surface area (Å²) in [5.74, 6) is 1.78. The number of ether oxygens (including phenoxy) is 3. The van der Waals surface area contributed by atoms with E-state index < -0.39 is 0 Å². The van der Waals surface area contributed by atoms with E-state index in [4.69, 9.17) is 30.2 Å². The third-order valence-electron chi connectivity index (χ3n) is 4.43. The van der Waals surface area contributed by atoms with Crippen LogP contribution < -0.4 is 19.5 Å². The summed E-state index contributed by atoms with van der Waals surface area (Å²) in [6.07, 6.45) is 0. The molecule has 0 aliphatic heterocycles. The van der Waals surface area contributed by atoms with Gasteiger partial charge in [0.25, 0.3) is 5.22 Å². The molecule has 0 saturated heterocycles. The average Bonchev–Trinajstić information content (AvgIpc) is 3.27. The Morgan fingerprint density at radius 2 is 1.73 bits per heavy atom. The number of halogens is 1. The van der Waals surface area contributed by atoms with E-state index in [-0.39, 0.29) is 22.8 Å². The molecule has 1 aromatic heterocycles. The molecule has 8 nitrogen and oxygen atoms in total. The van der Waals surface area contributed by atoms with Gasteiger partial charge in [0, 0.05) is 16.3 Å². The highest BCUT2D eigenvalue weighted by Crippen LogP contribution is 2.42. The molecule has 1 N–H and O–H groups in total. The lowest BCUT2D eigenvalue weighted by molar-refractivity contribution is -0.113. The predicted octanol–water partition coefficient (Wildman–Crippen LogP) is 5.63. The van der Waals surface area contributed by atoms with Crippen LogP contribution in [0.15, 0.2) is 40.0 Å². The number of thioether (sulfide) groups is 1. The topological polar surface area (TPSA) is 95.7 Å². The number of anilines is 1. The lowest BCUT2D eigenvalue weighted by atomic mass is 10.2. The van der Waals surface area contributed by atoms with Crippen LogP contribution in [0.2, 0.25) is 5.02 Å². The van der Waals surface area contributed by atoms with E-state index in [9.17, 15) is 4.79 Å². The van der Waals surface area contributed by atoms with E-state index in [1.54, 1.807) is 30.3 Å². The molecule has 10 heteroatoms. The van der Waals surface area contributed by atoms with Gasteiger partial charge in [0.1, 0.15) is 0 Å². The van der Waals surface area contributed by atoms with Gasteiger partial charge in [-0.3, -0.25) is 4.79 Å².